The van der Waals surface area contributed by atoms with E-state index in [1.807, 2.05) is 26.8 Å². The zero-order valence-corrected chi connectivity index (χ0v) is 20.0. The van der Waals surface area contributed by atoms with Gasteiger partial charge in [0.05, 0.1) is 10.9 Å². The highest BCUT2D eigenvalue weighted by Crippen LogP contribution is 2.36. The van der Waals surface area contributed by atoms with Crippen LogP contribution in [0.4, 0.5) is 4.79 Å². The van der Waals surface area contributed by atoms with Gasteiger partial charge in [0, 0.05) is 17.6 Å². The van der Waals surface area contributed by atoms with E-state index in [9.17, 15) is 13.2 Å². The lowest BCUT2D eigenvalue weighted by Gasteiger charge is -2.21. The van der Waals surface area contributed by atoms with Gasteiger partial charge in [-0.05, 0) is 58.2 Å². The van der Waals surface area contributed by atoms with Gasteiger partial charge in [-0.15, -0.1) is 5.10 Å². The molecule has 10 nitrogen and oxygen atoms in total. The molecule has 0 radical (unpaired) electrons. The van der Waals surface area contributed by atoms with Crippen molar-refractivity contribution in [2.75, 3.05) is 0 Å². The first-order chi connectivity index (χ1) is 16.1. The van der Waals surface area contributed by atoms with Gasteiger partial charge < -0.3 is 15.0 Å². The summed E-state index contributed by atoms with van der Waals surface area (Å²) in [6.07, 6.45) is 3.41. The summed E-state index contributed by atoms with van der Waals surface area (Å²) in [4.78, 5) is 19.8. The molecular weight excluding hydrogens is 456 g/mol. The molecule has 2 atom stereocenters. The molecule has 0 aliphatic heterocycles. The molecule has 3 aromatic heterocycles. The van der Waals surface area contributed by atoms with Gasteiger partial charge in [0.1, 0.15) is 16.8 Å². The molecule has 34 heavy (non-hydrogen) atoms. The molecule has 1 saturated carbocycles. The number of carbonyl (C=O) groups excluding carboxylic acids is 1. The smallest absolute Gasteiger partial charge is 0.407 e. The van der Waals surface area contributed by atoms with Gasteiger partial charge in [0.25, 0.3) is 0 Å². The van der Waals surface area contributed by atoms with E-state index < -0.39 is 21.5 Å². The number of benzene rings is 1. The van der Waals surface area contributed by atoms with Gasteiger partial charge in [0.2, 0.25) is 9.84 Å². The van der Waals surface area contributed by atoms with Crippen LogP contribution in [0, 0.1) is 0 Å². The first-order valence-electron chi connectivity index (χ1n) is 11.1. The van der Waals surface area contributed by atoms with E-state index in [1.54, 1.807) is 29.1 Å². The highest BCUT2D eigenvalue weighted by molar-refractivity contribution is 7.91. The van der Waals surface area contributed by atoms with E-state index in [0.29, 0.717) is 17.6 Å². The summed E-state index contributed by atoms with van der Waals surface area (Å²) in [6, 6.07) is 9.89. The fraction of sp³-hybridized carbons (Fsp3) is 0.391. The summed E-state index contributed by atoms with van der Waals surface area (Å²) in [7, 11) is -3.91. The summed E-state index contributed by atoms with van der Waals surface area (Å²) >= 11 is 0. The largest absolute Gasteiger partial charge is 0.444 e. The van der Waals surface area contributed by atoms with Crippen LogP contribution < -0.4 is 5.32 Å². The zero-order chi connectivity index (χ0) is 24.1. The van der Waals surface area contributed by atoms with Crippen LogP contribution in [-0.2, 0) is 14.6 Å². The number of ether oxygens (including phenoxy) is 1. The van der Waals surface area contributed by atoms with Crippen LogP contribution in [-0.4, -0.2) is 51.1 Å². The Bertz CT molecular complexity index is 1470. The number of carbonyl (C=O) groups is 1. The number of hydrogen-bond acceptors (Lipinski definition) is 7. The highest BCUT2D eigenvalue weighted by atomic mass is 32.2. The van der Waals surface area contributed by atoms with Crippen LogP contribution >= 0.6 is 0 Å². The van der Waals surface area contributed by atoms with Gasteiger partial charge in [-0.2, -0.15) is 0 Å². The van der Waals surface area contributed by atoms with Crippen molar-refractivity contribution in [2.45, 2.75) is 67.6 Å². The number of aromatic nitrogens is 5. The van der Waals surface area contributed by atoms with E-state index in [0.717, 1.165) is 18.2 Å². The van der Waals surface area contributed by atoms with Crippen molar-refractivity contribution in [1.29, 1.82) is 0 Å². The number of aromatic amines is 1. The number of hydrogen-bond donors (Lipinski definition) is 2. The van der Waals surface area contributed by atoms with Gasteiger partial charge in [-0.25, -0.2) is 22.9 Å². The number of sulfone groups is 1. The quantitative estimate of drug-likeness (QED) is 0.453. The summed E-state index contributed by atoms with van der Waals surface area (Å²) in [5, 5.41) is 12.2. The SMILES string of the molecule is CC(C)(C)OC(=O)NC1CCC(n2nnc3c(S(=O)(=O)c4ccccc4)nc4[nH]ccc4c32)C1. The van der Waals surface area contributed by atoms with Crippen LogP contribution in [0.15, 0.2) is 52.5 Å². The van der Waals surface area contributed by atoms with Gasteiger partial charge >= 0.3 is 6.09 Å². The maximum Gasteiger partial charge on any atom is 0.407 e. The Labute approximate surface area is 196 Å². The Kier molecular flexibility index (Phi) is 5.31. The van der Waals surface area contributed by atoms with Gasteiger partial charge in [-0.3, -0.25) is 0 Å². The predicted molar refractivity (Wildman–Crippen MR) is 125 cm³/mol. The molecule has 11 heteroatoms. The van der Waals surface area contributed by atoms with Crippen molar-refractivity contribution < 1.29 is 17.9 Å². The molecule has 1 fully saturated rings. The summed E-state index contributed by atoms with van der Waals surface area (Å²) in [5.74, 6) is 0. The topological polar surface area (TPSA) is 132 Å². The van der Waals surface area contributed by atoms with E-state index in [4.69, 9.17) is 4.74 Å². The average molecular weight is 483 g/mol. The van der Waals surface area contributed by atoms with Crippen molar-refractivity contribution in [3.63, 3.8) is 0 Å². The lowest BCUT2D eigenvalue weighted by molar-refractivity contribution is 0.0504. The van der Waals surface area contributed by atoms with E-state index in [-0.39, 0.29) is 27.5 Å². The molecule has 0 bridgehead atoms. The second kappa shape index (κ2) is 8.08. The summed E-state index contributed by atoms with van der Waals surface area (Å²) < 4.78 is 34.0. The lowest BCUT2D eigenvalue weighted by Crippen LogP contribution is -2.38. The molecular formula is C23H26N6O4S. The normalized spacial score (nSPS) is 19.0. The molecule has 1 aromatic carbocycles. The fourth-order valence-electron chi connectivity index (χ4n) is 4.43. The number of rotatable bonds is 4. The maximum atomic E-state index is 13.4. The first-order valence-corrected chi connectivity index (χ1v) is 12.6. The molecule has 4 aromatic rings. The predicted octanol–water partition coefficient (Wildman–Crippen LogP) is 3.76. The Morgan fingerprint density at radius 2 is 1.94 bits per heavy atom. The van der Waals surface area contributed by atoms with Gasteiger partial charge in [-0.1, -0.05) is 23.4 Å². The molecule has 1 aliphatic carbocycles. The Morgan fingerprint density at radius 3 is 2.68 bits per heavy atom. The molecule has 1 aliphatic rings. The third-order valence-electron chi connectivity index (χ3n) is 5.87. The molecule has 0 spiro atoms. The lowest BCUT2D eigenvalue weighted by atomic mass is 10.2. The second-order valence-electron chi connectivity index (χ2n) is 9.51. The van der Waals surface area contributed by atoms with Crippen molar-refractivity contribution in [3.05, 3.63) is 42.6 Å². The third-order valence-corrected chi connectivity index (χ3v) is 7.56. The van der Waals surface area contributed by atoms with Crippen molar-refractivity contribution >= 4 is 38.0 Å². The van der Waals surface area contributed by atoms with Gasteiger partial charge in [0.15, 0.2) is 10.5 Å². The number of H-pyrrole nitrogens is 1. The Hall–Kier alpha value is -3.47. The molecule has 2 unspecified atom stereocenters. The number of pyridine rings is 1. The van der Waals surface area contributed by atoms with E-state index >= 15 is 0 Å². The maximum absolute atomic E-state index is 13.4. The molecule has 1 amide bonds. The van der Waals surface area contributed by atoms with Crippen molar-refractivity contribution in [3.8, 4) is 0 Å². The highest BCUT2D eigenvalue weighted by Gasteiger charge is 2.33. The Balaban J connectivity index is 1.52. The molecule has 2 N–H and O–H groups in total. The fourth-order valence-corrected chi connectivity index (χ4v) is 5.77. The monoisotopic (exact) mass is 482 g/mol. The average Bonchev–Trinajstić information content (AvgIpc) is 3.50. The third kappa shape index (κ3) is 4.00. The minimum atomic E-state index is -3.91. The van der Waals surface area contributed by atoms with Crippen LogP contribution in [0.5, 0.6) is 0 Å². The summed E-state index contributed by atoms with van der Waals surface area (Å²) in [5.41, 5.74) is 0.729. The number of nitrogens with zero attached hydrogens (tertiary/aromatic N) is 4. The van der Waals surface area contributed by atoms with E-state index in [2.05, 4.69) is 25.6 Å². The number of fused-ring (bicyclic) bond motifs is 3. The number of amides is 1. The standard InChI is InChI=1S/C23H26N6O4S/c1-23(2,3)33-22(30)25-14-9-10-15(13-14)29-19-17-11-12-24-20(17)26-21(18(19)27-28-29)34(31,32)16-7-5-4-6-8-16/h4-8,11-12,14-15H,9-10,13H2,1-3H3,(H,24,26)(H,25,30). The van der Waals surface area contributed by atoms with E-state index in [1.165, 1.54) is 12.1 Å². The number of alkyl carbamates (subject to hydrolysis) is 1. The van der Waals surface area contributed by atoms with Crippen LogP contribution in [0.25, 0.3) is 22.1 Å². The molecule has 3 heterocycles. The minimum Gasteiger partial charge on any atom is -0.444 e. The second-order valence-corrected chi connectivity index (χ2v) is 11.4. The summed E-state index contributed by atoms with van der Waals surface area (Å²) in [6.45, 7) is 5.47. The van der Waals surface area contributed by atoms with Crippen LogP contribution in [0.3, 0.4) is 0 Å². The molecule has 178 valence electrons. The zero-order valence-electron chi connectivity index (χ0n) is 19.1. The number of nitrogens with one attached hydrogen (secondary N) is 2. The molecule has 5 rings (SSSR count). The first kappa shape index (κ1) is 22.3. The van der Waals surface area contributed by atoms with Crippen LogP contribution in [0.2, 0.25) is 0 Å². The van der Waals surface area contributed by atoms with Crippen LogP contribution in [0.1, 0.15) is 46.1 Å². The minimum absolute atomic E-state index is 0.0577. The van der Waals surface area contributed by atoms with Crippen molar-refractivity contribution in [2.24, 2.45) is 0 Å². The Morgan fingerprint density at radius 1 is 1.18 bits per heavy atom. The molecule has 0 saturated heterocycles. The van der Waals surface area contributed by atoms with Crippen molar-refractivity contribution in [1.82, 2.24) is 30.3 Å².